The Labute approximate surface area is 112 Å². The maximum Gasteiger partial charge on any atom is 0.129 e. The molecule has 0 spiro atoms. The lowest BCUT2D eigenvalue weighted by atomic mass is 10.3. The molecule has 1 N–H and O–H groups in total. The van der Waals surface area contributed by atoms with Crippen molar-refractivity contribution in [2.24, 2.45) is 0 Å². The van der Waals surface area contributed by atoms with Gasteiger partial charge in [0.2, 0.25) is 0 Å². The van der Waals surface area contributed by atoms with E-state index in [-0.39, 0.29) is 0 Å². The van der Waals surface area contributed by atoms with Gasteiger partial charge in [-0.15, -0.1) is 11.3 Å². The molecule has 0 saturated heterocycles. The molecule has 2 rings (SSSR count). The predicted molar refractivity (Wildman–Crippen MR) is 75.2 cm³/mol. The van der Waals surface area contributed by atoms with Gasteiger partial charge in [-0.25, -0.2) is 15.0 Å². The van der Waals surface area contributed by atoms with Crippen molar-refractivity contribution in [2.45, 2.75) is 33.6 Å². The Morgan fingerprint density at radius 1 is 1.28 bits per heavy atom. The molecule has 0 radical (unpaired) electrons. The molecule has 0 aliphatic carbocycles. The van der Waals surface area contributed by atoms with E-state index in [0.717, 1.165) is 36.7 Å². The number of hydrogen-bond donors (Lipinski definition) is 1. The zero-order valence-corrected chi connectivity index (χ0v) is 11.8. The summed E-state index contributed by atoms with van der Waals surface area (Å²) in [7, 11) is 0. The van der Waals surface area contributed by atoms with Crippen LogP contribution in [0.2, 0.25) is 0 Å². The topological polar surface area (TPSA) is 50.7 Å². The standard InChI is InChI=1S/C13H18N4S/c1-4-11-7-12(17-10(3)16-11)14-6-5-13-15-8-9(2)18-13/h7-8H,4-6H2,1-3H3,(H,14,16,17). The highest BCUT2D eigenvalue weighted by molar-refractivity contribution is 7.11. The first-order valence-electron chi connectivity index (χ1n) is 6.17. The number of aryl methyl sites for hydroxylation is 3. The quantitative estimate of drug-likeness (QED) is 0.900. The zero-order chi connectivity index (χ0) is 13.0. The van der Waals surface area contributed by atoms with Crippen molar-refractivity contribution >= 4 is 17.2 Å². The van der Waals surface area contributed by atoms with E-state index in [1.54, 1.807) is 11.3 Å². The van der Waals surface area contributed by atoms with Crippen LogP contribution in [0.15, 0.2) is 12.3 Å². The number of anilines is 1. The van der Waals surface area contributed by atoms with E-state index >= 15 is 0 Å². The van der Waals surface area contributed by atoms with E-state index in [0.29, 0.717) is 0 Å². The van der Waals surface area contributed by atoms with Crippen LogP contribution >= 0.6 is 11.3 Å². The summed E-state index contributed by atoms with van der Waals surface area (Å²) in [6.07, 6.45) is 3.79. The first-order valence-corrected chi connectivity index (χ1v) is 6.98. The van der Waals surface area contributed by atoms with E-state index in [4.69, 9.17) is 0 Å². The van der Waals surface area contributed by atoms with Crippen LogP contribution in [0.3, 0.4) is 0 Å². The van der Waals surface area contributed by atoms with Gasteiger partial charge in [0, 0.05) is 35.8 Å². The Morgan fingerprint density at radius 2 is 2.11 bits per heavy atom. The van der Waals surface area contributed by atoms with Gasteiger partial charge in [0.1, 0.15) is 11.6 Å². The van der Waals surface area contributed by atoms with Gasteiger partial charge in [-0.2, -0.15) is 0 Å². The summed E-state index contributed by atoms with van der Waals surface area (Å²) >= 11 is 1.75. The first kappa shape index (κ1) is 13.0. The van der Waals surface area contributed by atoms with Gasteiger partial charge in [0.25, 0.3) is 0 Å². The van der Waals surface area contributed by atoms with Gasteiger partial charge < -0.3 is 5.32 Å². The van der Waals surface area contributed by atoms with Gasteiger partial charge >= 0.3 is 0 Å². The summed E-state index contributed by atoms with van der Waals surface area (Å²) in [4.78, 5) is 14.3. The summed E-state index contributed by atoms with van der Waals surface area (Å²) in [6, 6.07) is 2.01. The summed E-state index contributed by atoms with van der Waals surface area (Å²) < 4.78 is 0. The van der Waals surface area contributed by atoms with Crippen molar-refractivity contribution in [3.05, 3.63) is 33.7 Å². The van der Waals surface area contributed by atoms with E-state index in [1.165, 1.54) is 9.88 Å². The molecule has 5 heteroatoms. The summed E-state index contributed by atoms with van der Waals surface area (Å²) in [5.74, 6) is 1.73. The monoisotopic (exact) mass is 262 g/mol. The van der Waals surface area contributed by atoms with Gasteiger partial charge in [-0.1, -0.05) is 6.92 Å². The van der Waals surface area contributed by atoms with Crippen LogP contribution in [0, 0.1) is 13.8 Å². The van der Waals surface area contributed by atoms with Gasteiger partial charge in [0.15, 0.2) is 0 Å². The maximum absolute atomic E-state index is 4.38. The van der Waals surface area contributed by atoms with Crippen molar-refractivity contribution in [1.29, 1.82) is 0 Å². The SMILES string of the molecule is CCc1cc(NCCc2ncc(C)s2)nc(C)n1. The third kappa shape index (κ3) is 3.50. The molecule has 2 heterocycles. The fourth-order valence-electron chi connectivity index (χ4n) is 1.72. The molecule has 0 aromatic carbocycles. The lowest BCUT2D eigenvalue weighted by Crippen LogP contribution is -2.08. The smallest absolute Gasteiger partial charge is 0.129 e. The van der Waals surface area contributed by atoms with E-state index in [2.05, 4.69) is 34.1 Å². The number of thiazole rings is 1. The van der Waals surface area contributed by atoms with E-state index in [9.17, 15) is 0 Å². The first-order chi connectivity index (χ1) is 8.67. The Balaban J connectivity index is 1.91. The van der Waals surface area contributed by atoms with Crippen LogP contribution in [-0.2, 0) is 12.8 Å². The molecule has 2 aromatic rings. The van der Waals surface area contributed by atoms with Crippen LogP contribution in [-0.4, -0.2) is 21.5 Å². The number of aromatic nitrogens is 3. The molecule has 2 aromatic heterocycles. The second-order valence-corrected chi connectivity index (χ2v) is 5.51. The lowest BCUT2D eigenvalue weighted by molar-refractivity contribution is 0.929. The normalized spacial score (nSPS) is 10.6. The van der Waals surface area contributed by atoms with Crippen molar-refractivity contribution in [2.75, 3.05) is 11.9 Å². The minimum Gasteiger partial charge on any atom is -0.370 e. The molecule has 0 amide bonds. The number of nitrogens with one attached hydrogen (secondary N) is 1. The largest absolute Gasteiger partial charge is 0.370 e. The van der Waals surface area contributed by atoms with Crippen molar-refractivity contribution in [3.8, 4) is 0 Å². The van der Waals surface area contributed by atoms with E-state index < -0.39 is 0 Å². The third-order valence-electron chi connectivity index (χ3n) is 2.57. The highest BCUT2D eigenvalue weighted by Gasteiger charge is 2.02. The van der Waals surface area contributed by atoms with Crippen LogP contribution in [0.4, 0.5) is 5.82 Å². The molecular formula is C13H18N4S. The molecule has 0 fully saturated rings. The molecule has 18 heavy (non-hydrogen) atoms. The van der Waals surface area contributed by atoms with Crippen molar-refractivity contribution in [3.63, 3.8) is 0 Å². The molecule has 0 unspecified atom stereocenters. The molecule has 0 atom stereocenters. The second kappa shape index (κ2) is 5.91. The van der Waals surface area contributed by atoms with Gasteiger partial charge in [-0.05, 0) is 20.3 Å². The van der Waals surface area contributed by atoms with Crippen LogP contribution in [0.5, 0.6) is 0 Å². The fourth-order valence-corrected chi connectivity index (χ4v) is 2.50. The fraction of sp³-hybridized carbons (Fsp3) is 0.462. The predicted octanol–water partition coefficient (Wildman–Crippen LogP) is 2.77. The molecule has 4 nitrogen and oxygen atoms in total. The van der Waals surface area contributed by atoms with Crippen LogP contribution in [0.1, 0.15) is 28.3 Å². The average molecular weight is 262 g/mol. The lowest BCUT2D eigenvalue weighted by Gasteiger charge is -2.06. The summed E-state index contributed by atoms with van der Waals surface area (Å²) in [6.45, 7) is 6.96. The van der Waals surface area contributed by atoms with E-state index in [1.807, 2.05) is 19.2 Å². The van der Waals surface area contributed by atoms with Crippen molar-refractivity contribution < 1.29 is 0 Å². The number of hydrogen-bond acceptors (Lipinski definition) is 5. The molecule has 96 valence electrons. The molecule has 0 bridgehead atoms. The molecule has 0 aliphatic rings. The third-order valence-corrected chi connectivity index (χ3v) is 3.54. The minimum absolute atomic E-state index is 0.821. The Bertz CT molecular complexity index is 521. The summed E-state index contributed by atoms with van der Waals surface area (Å²) in [5, 5.41) is 4.50. The Hall–Kier alpha value is -1.49. The second-order valence-electron chi connectivity index (χ2n) is 4.19. The minimum atomic E-state index is 0.821. The molecule has 0 saturated carbocycles. The van der Waals surface area contributed by atoms with Crippen molar-refractivity contribution in [1.82, 2.24) is 15.0 Å². The molecule has 0 aliphatic heterocycles. The average Bonchev–Trinajstić information content (AvgIpc) is 2.74. The number of rotatable bonds is 5. The van der Waals surface area contributed by atoms with Gasteiger partial charge in [-0.3, -0.25) is 0 Å². The highest BCUT2D eigenvalue weighted by atomic mass is 32.1. The summed E-state index contributed by atoms with van der Waals surface area (Å²) in [5.41, 5.74) is 1.08. The Kier molecular flexibility index (Phi) is 4.25. The Morgan fingerprint density at radius 3 is 2.78 bits per heavy atom. The maximum atomic E-state index is 4.38. The van der Waals surface area contributed by atoms with Crippen LogP contribution < -0.4 is 5.32 Å². The zero-order valence-electron chi connectivity index (χ0n) is 11.0. The van der Waals surface area contributed by atoms with Crippen LogP contribution in [0.25, 0.3) is 0 Å². The molecular weight excluding hydrogens is 244 g/mol. The van der Waals surface area contributed by atoms with Gasteiger partial charge in [0.05, 0.1) is 5.01 Å². The highest BCUT2D eigenvalue weighted by Crippen LogP contribution is 2.12. The number of nitrogens with zero attached hydrogens (tertiary/aromatic N) is 3.